The highest BCUT2D eigenvalue weighted by molar-refractivity contribution is 6.30. The van der Waals surface area contributed by atoms with Crippen molar-refractivity contribution in [3.8, 4) is 0 Å². The molecule has 2 N–H and O–H groups in total. The van der Waals surface area contributed by atoms with Gasteiger partial charge in [0, 0.05) is 48.4 Å². The Morgan fingerprint density at radius 1 is 1.21 bits per heavy atom. The van der Waals surface area contributed by atoms with Crippen molar-refractivity contribution in [3.05, 3.63) is 70.9 Å². The molecular weight excluding hydrogens is 386 g/mol. The van der Waals surface area contributed by atoms with E-state index in [-0.39, 0.29) is 18.4 Å². The lowest BCUT2D eigenvalue weighted by molar-refractivity contribution is 0.0621. The van der Waals surface area contributed by atoms with E-state index >= 15 is 0 Å². The van der Waals surface area contributed by atoms with Crippen LogP contribution in [-0.4, -0.2) is 40.6 Å². The van der Waals surface area contributed by atoms with Gasteiger partial charge in [-0.3, -0.25) is 4.79 Å². The molecule has 0 saturated carbocycles. The number of aromatic nitrogens is 1. The number of para-hydroxylation sites is 1. The third-order valence-corrected chi connectivity index (χ3v) is 5.73. The number of piperidine rings is 1. The maximum absolute atomic E-state index is 12.9. The molecule has 1 fully saturated rings. The SMILES string of the molecule is O=C(c1cccc(NCc2cc3ccccc3nc2Cl)c1)N1CCC[C@H](CO)C1. The van der Waals surface area contributed by atoms with Crippen LogP contribution in [0.3, 0.4) is 0 Å². The number of hydrogen-bond donors (Lipinski definition) is 2. The Morgan fingerprint density at radius 3 is 2.93 bits per heavy atom. The van der Waals surface area contributed by atoms with Crippen molar-refractivity contribution in [2.45, 2.75) is 19.4 Å². The summed E-state index contributed by atoms with van der Waals surface area (Å²) >= 11 is 6.35. The first kappa shape index (κ1) is 19.7. The van der Waals surface area contributed by atoms with E-state index in [1.165, 1.54) is 0 Å². The maximum atomic E-state index is 12.9. The van der Waals surface area contributed by atoms with E-state index in [1.54, 1.807) is 0 Å². The number of halogens is 1. The minimum Gasteiger partial charge on any atom is -0.396 e. The second-order valence-corrected chi connectivity index (χ2v) is 7.87. The summed E-state index contributed by atoms with van der Waals surface area (Å²) in [6.45, 7) is 2.01. The summed E-state index contributed by atoms with van der Waals surface area (Å²) in [4.78, 5) is 19.2. The molecule has 2 aromatic carbocycles. The Hall–Kier alpha value is -2.63. The third-order valence-electron chi connectivity index (χ3n) is 5.41. The molecule has 150 valence electrons. The molecule has 1 aromatic heterocycles. The summed E-state index contributed by atoms with van der Waals surface area (Å²) in [5.74, 6) is 0.189. The Balaban J connectivity index is 1.47. The van der Waals surface area contributed by atoms with E-state index in [4.69, 9.17) is 11.6 Å². The van der Waals surface area contributed by atoms with Crippen LogP contribution in [0, 0.1) is 5.92 Å². The van der Waals surface area contributed by atoms with E-state index in [0.717, 1.165) is 41.5 Å². The lowest BCUT2D eigenvalue weighted by Gasteiger charge is -2.32. The van der Waals surface area contributed by atoms with Gasteiger partial charge >= 0.3 is 0 Å². The number of pyridine rings is 1. The molecule has 1 saturated heterocycles. The molecule has 0 unspecified atom stereocenters. The quantitative estimate of drug-likeness (QED) is 0.615. The molecule has 5 nitrogen and oxygen atoms in total. The summed E-state index contributed by atoms with van der Waals surface area (Å²) < 4.78 is 0. The van der Waals surface area contributed by atoms with Crippen LogP contribution in [0.1, 0.15) is 28.8 Å². The molecule has 1 aliphatic rings. The van der Waals surface area contributed by atoms with Gasteiger partial charge in [0.1, 0.15) is 5.15 Å². The van der Waals surface area contributed by atoms with E-state index in [9.17, 15) is 9.90 Å². The first-order valence-corrected chi connectivity index (χ1v) is 10.3. The monoisotopic (exact) mass is 409 g/mol. The molecule has 1 amide bonds. The van der Waals surface area contributed by atoms with Crippen LogP contribution in [-0.2, 0) is 6.54 Å². The molecule has 29 heavy (non-hydrogen) atoms. The number of nitrogens with zero attached hydrogens (tertiary/aromatic N) is 2. The largest absolute Gasteiger partial charge is 0.396 e. The van der Waals surface area contributed by atoms with Gasteiger partial charge < -0.3 is 15.3 Å². The fourth-order valence-electron chi connectivity index (χ4n) is 3.80. The van der Waals surface area contributed by atoms with E-state index in [1.807, 2.05) is 59.5 Å². The van der Waals surface area contributed by atoms with Crippen molar-refractivity contribution >= 4 is 34.1 Å². The molecule has 3 aromatic rings. The molecule has 1 atom stereocenters. The molecular formula is C23H24ClN3O2. The smallest absolute Gasteiger partial charge is 0.253 e. The highest BCUT2D eigenvalue weighted by Gasteiger charge is 2.24. The number of likely N-dealkylation sites (tertiary alicyclic amines) is 1. The number of aliphatic hydroxyl groups is 1. The predicted octanol–water partition coefficient (Wildman–Crippen LogP) is 4.34. The van der Waals surface area contributed by atoms with Crippen LogP contribution >= 0.6 is 11.6 Å². The highest BCUT2D eigenvalue weighted by Crippen LogP contribution is 2.23. The summed E-state index contributed by atoms with van der Waals surface area (Å²) in [5, 5.41) is 14.3. The zero-order chi connectivity index (χ0) is 20.2. The molecule has 0 aliphatic carbocycles. The van der Waals surface area contributed by atoms with Crippen molar-refractivity contribution in [2.75, 3.05) is 25.0 Å². The average Bonchev–Trinajstić information content (AvgIpc) is 2.77. The number of amides is 1. The van der Waals surface area contributed by atoms with Crippen molar-refractivity contribution in [2.24, 2.45) is 5.92 Å². The molecule has 0 spiro atoms. The van der Waals surface area contributed by atoms with Gasteiger partial charge in [0.15, 0.2) is 0 Å². The van der Waals surface area contributed by atoms with Crippen LogP contribution in [0.4, 0.5) is 5.69 Å². The number of fused-ring (bicyclic) bond motifs is 1. The minimum absolute atomic E-state index is 0.0113. The van der Waals surface area contributed by atoms with Crippen LogP contribution in [0.5, 0.6) is 0 Å². The fourth-order valence-corrected chi connectivity index (χ4v) is 4.01. The van der Waals surface area contributed by atoms with Crippen molar-refractivity contribution < 1.29 is 9.90 Å². The fraction of sp³-hybridized carbons (Fsp3) is 0.304. The van der Waals surface area contributed by atoms with E-state index < -0.39 is 0 Å². The summed E-state index contributed by atoms with van der Waals surface area (Å²) in [6.07, 6.45) is 1.91. The number of benzene rings is 2. The van der Waals surface area contributed by atoms with Gasteiger partial charge in [-0.05, 0) is 49.1 Å². The van der Waals surface area contributed by atoms with Crippen molar-refractivity contribution in [1.82, 2.24) is 9.88 Å². The Bertz CT molecular complexity index is 1020. The molecule has 0 radical (unpaired) electrons. The lowest BCUT2D eigenvalue weighted by Crippen LogP contribution is -2.40. The number of rotatable bonds is 5. The zero-order valence-electron chi connectivity index (χ0n) is 16.1. The average molecular weight is 410 g/mol. The summed E-state index contributed by atoms with van der Waals surface area (Å²) in [5.41, 5.74) is 3.28. The van der Waals surface area contributed by atoms with Gasteiger partial charge in [0.2, 0.25) is 0 Å². The number of aliphatic hydroxyl groups excluding tert-OH is 1. The van der Waals surface area contributed by atoms with Gasteiger partial charge in [-0.1, -0.05) is 35.9 Å². The standard InChI is InChI=1S/C23H24ClN3O2/c24-22-19(11-17-6-1-2-9-21(17)26-22)13-25-20-8-3-7-18(12-20)23(29)27-10-4-5-16(14-27)15-28/h1-3,6-9,11-12,16,25,28H,4-5,10,13-15H2/t16-/m0/s1. The van der Waals surface area contributed by atoms with Gasteiger partial charge in [-0.2, -0.15) is 0 Å². The molecule has 0 bridgehead atoms. The Labute approximate surface area is 175 Å². The van der Waals surface area contributed by atoms with Gasteiger partial charge in [0.05, 0.1) is 5.52 Å². The lowest BCUT2D eigenvalue weighted by atomic mass is 9.98. The van der Waals surface area contributed by atoms with E-state index in [2.05, 4.69) is 10.3 Å². The second-order valence-electron chi connectivity index (χ2n) is 7.51. The van der Waals surface area contributed by atoms with Gasteiger partial charge in [0.25, 0.3) is 5.91 Å². The second kappa shape index (κ2) is 8.80. The predicted molar refractivity (Wildman–Crippen MR) is 116 cm³/mol. The first-order chi connectivity index (χ1) is 14.1. The number of anilines is 1. The van der Waals surface area contributed by atoms with Crippen LogP contribution in [0.2, 0.25) is 5.15 Å². The highest BCUT2D eigenvalue weighted by atomic mass is 35.5. The topological polar surface area (TPSA) is 65.5 Å². The van der Waals surface area contributed by atoms with E-state index in [0.29, 0.717) is 23.8 Å². The summed E-state index contributed by atoms with van der Waals surface area (Å²) in [6, 6.07) is 17.4. The Morgan fingerprint density at radius 2 is 2.07 bits per heavy atom. The zero-order valence-corrected chi connectivity index (χ0v) is 16.9. The Kier molecular flexibility index (Phi) is 5.97. The number of nitrogens with one attached hydrogen (secondary N) is 1. The van der Waals surface area contributed by atoms with Crippen LogP contribution in [0.15, 0.2) is 54.6 Å². The first-order valence-electron chi connectivity index (χ1n) is 9.92. The third kappa shape index (κ3) is 4.52. The molecule has 2 heterocycles. The van der Waals surface area contributed by atoms with Crippen molar-refractivity contribution in [1.29, 1.82) is 0 Å². The number of carbonyl (C=O) groups excluding carboxylic acids is 1. The number of carbonyl (C=O) groups is 1. The molecule has 6 heteroatoms. The van der Waals surface area contributed by atoms with Gasteiger partial charge in [-0.25, -0.2) is 4.98 Å². The summed E-state index contributed by atoms with van der Waals surface area (Å²) in [7, 11) is 0. The van der Waals surface area contributed by atoms with Crippen LogP contribution in [0.25, 0.3) is 10.9 Å². The van der Waals surface area contributed by atoms with Crippen LogP contribution < -0.4 is 5.32 Å². The normalized spacial score (nSPS) is 16.8. The van der Waals surface area contributed by atoms with Gasteiger partial charge in [-0.15, -0.1) is 0 Å². The number of hydrogen-bond acceptors (Lipinski definition) is 4. The van der Waals surface area contributed by atoms with Crippen molar-refractivity contribution in [3.63, 3.8) is 0 Å². The maximum Gasteiger partial charge on any atom is 0.253 e. The molecule has 4 rings (SSSR count). The molecule has 1 aliphatic heterocycles. The minimum atomic E-state index is 0.0113.